The number of hydrogen-bond acceptors (Lipinski definition) is 4. The molecule has 2 aliphatic rings. The maximum absolute atomic E-state index is 14.2. The summed E-state index contributed by atoms with van der Waals surface area (Å²) in [6.45, 7) is 3.85. The van der Waals surface area contributed by atoms with Crippen molar-refractivity contribution in [3.05, 3.63) is 88.6 Å². The van der Waals surface area contributed by atoms with E-state index in [2.05, 4.69) is 5.32 Å². The summed E-state index contributed by atoms with van der Waals surface area (Å²) in [7, 11) is 0. The summed E-state index contributed by atoms with van der Waals surface area (Å²) in [6, 6.07) is 14.1. The van der Waals surface area contributed by atoms with Crippen LogP contribution in [0.1, 0.15) is 38.3 Å². The van der Waals surface area contributed by atoms with Crippen molar-refractivity contribution < 1.29 is 18.8 Å². The quantitative estimate of drug-likeness (QED) is 0.524. The highest BCUT2D eigenvalue weighted by molar-refractivity contribution is 6.08. The zero-order chi connectivity index (χ0) is 27.2. The fourth-order valence-corrected chi connectivity index (χ4v) is 5.70. The molecule has 9 heteroatoms. The highest BCUT2D eigenvalue weighted by atomic mass is 19.1. The number of benzene rings is 2. The summed E-state index contributed by atoms with van der Waals surface area (Å²) in [5.41, 5.74) is 6.47. The molecule has 0 aliphatic carbocycles. The third kappa shape index (κ3) is 4.17. The number of primary amides is 1. The fraction of sp³-hybridized carbons (Fsp3) is 0.310. The molecule has 38 heavy (non-hydrogen) atoms. The number of halogens is 1. The van der Waals surface area contributed by atoms with E-state index < -0.39 is 40.7 Å². The number of likely N-dealkylation sites (tertiary alicyclic amines) is 1. The van der Waals surface area contributed by atoms with Gasteiger partial charge in [-0.2, -0.15) is 0 Å². The molecule has 3 heterocycles. The number of carbonyl (C=O) groups is 3. The van der Waals surface area contributed by atoms with Crippen molar-refractivity contribution in [2.45, 2.75) is 44.2 Å². The van der Waals surface area contributed by atoms with Gasteiger partial charge in [0.25, 0.3) is 5.56 Å². The van der Waals surface area contributed by atoms with Crippen molar-refractivity contribution in [3.8, 4) is 11.1 Å². The van der Waals surface area contributed by atoms with E-state index in [9.17, 15) is 23.6 Å². The van der Waals surface area contributed by atoms with Crippen LogP contribution in [-0.4, -0.2) is 39.8 Å². The lowest BCUT2D eigenvalue weighted by Gasteiger charge is -2.30. The summed E-state index contributed by atoms with van der Waals surface area (Å²) in [6.07, 6.45) is 1.93. The molecule has 1 saturated heterocycles. The van der Waals surface area contributed by atoms with Gasteiger partial charge in [0, 0.05) is 24.0 Å². The Hall–Kier alpha value is -4.27. The third-order valence-corrected chi connectivity index (χ3v) is 7.54. The second-order valence-electron chi connectivity index (χ2n) is 10.5. The number of anilines is 1. The zero-order valence-corrected chi connectivity index (χ0v) is 21.2. The second kappa shape index (κ2) is 9.55. The Morgan fingerprint density at radius 2 is 1.79 bits per heavy atom. The fourth-order valence-electron chi connectivity index (χ4n) is 5.70. The molecule has 3 atom stereocenters. The highest BCUT2D eigenvalue weighted by Crippen LogP contribution is 2.47. The number of rotatable bonds is 6. The van der Waals surface area contributed by atoms with Gasteiger partial charge in [-0.15, -0.1) is 0 Å². The van der Waals surface area contributed by atoms with E-state index in [0.29, 0.717) is 23.2 Å². The van der Waals surface area contributed by atoms with E-state index in [1.54, 1.807) is 30.5 Å². The van der Waals surface area contributed by atoms with Crippen LogP contribution >= 0.6 is 0 Å². The van der Waals surface area contributed by atoms with Crippen LogP contribution in [0, 0.1) is 11.7 Å². The van der Waals surface area contributed by atoms with Crippen molar-refractivity contribution in [1.29, 1.82) is 0 Å². The van der Waals surface area contributed by atoms with Gasteiger partial charge in [-0.05, 0) is 60.2 Å². The van der Waals surface area contributed by atoms with Gasteiger partial charge in [0.1, 0.15) is 17.9 Å². The first-order valence-electron chi connectivity index (χ1n) is 12.6. The van der Waals surface area contributed by atoms with Gasteiger partial charge in [-0.25, -0.2) is 4.39 Å². The van der Waals surface area contributed by atoms with Crippen LogP contribution < -0.4 is 16.6 Å². The van der Waals surface area contributed by atoms with E-state index in [0.717, 1.165) is 5.56 Å². The molecule has 1 fully saturated rings. The van der Waals surface area contributed by atoms with Crippen molar-refractivity contribution in [2.75, 3.05) is 11.9 Å². The molecule has 2 aromatic carbocycles. The van der Waals surface area contributed by atoms with E-state index in [1.165, 1.54) is 33.7 Å². The number of fused-ring (bicyclic) bond motifs is 2. The largest absolute Gasteiger partial charge is 0.368 e. The third-order valence-electron chi connectivity index (χ3n) is 7.54. The summed E-state index contributed by atoms with van der Waals surface area (Å²) in [4.78, 5) is 55.0. The second-order valence-corrected chi connectivity index (χ2v) is 10.5. The predicted molar refractivity (Wildman–Crippen MR) is 141 cm³/mol. The summed E-state index contributed by atoms with van der Waals surface area (Å²) in [5.74, 6) is -1.82. The minimum absolute atomic E-state index is 0.0245. The lowest BCUT2D eigenvalue weighted by molar-refractivity contribution is -0.140. The number of nitrogens with two attached hydrogens (primary N) is 1. The average molecular weight is 517 g/mol. The van der Waals surface area contributed by atoms with Gasteiger partial charge in [-0.3, -0.25) is 19.2 Å². The smallest absolute Gasteiger partial charge is 0.259 e. The maximum Gasteiger partial charge on any atom is 0.259 e. The standard InChI is InChI=1S/C29H29FN4O4/c1-17(2)14-23(33-13-5-6-20(26(33)36)18-9-11-19(30)12-10-18)27(37)34-16-29(15-24(34)25(31)35)21-7-3-4-8-22(21)32-28(29)38/h3-13,17,23-24H,14-16H2,1-2H3,(H2,31,35)(H,32,38)/t23-,24-,29-/m0/s1. The molecular formula is C29H29FN4O4. The van der Waals surface area contributed by atoms with E-state index in [4.69, 9.17) is 5.73 Å². The first-order chi connectivity index (χ1) is 18.1. The average Bonchev–Trinajstić information content (AvgIpc) is 3.42. The van der Waals surface area contributed by atoms with Crippen LogP contribution in [-0.2, 0) is 19.8 Å². The molecular weight excluding hydrogens is 487 g/mol. The van der Waals surface area contributed by atoms with Gasteiger partial charge in [0.2, 0.25) is 17.7 Å². The molecule has 0 unspecified atom stereocenters. The minimum atomic E-state index is -1.10. The monoisotopic (exact) mass is 516 g/mol. The molecule has 3 aromatic rings. The number of nitrogens with zero attached hydrogens (tertiary/aromatic N) is 2. The Balaban J connectivity index is 1.56. The van der Waals surface area contributed by atoms with Crippen molar-refractivity contribution in [2.24, 2.45) is 11.7 Å². The Morgan fingerprint density at radius 1 is 1.08 bits per heavy atom. The van der Waals surface area contributed by atoms with Gasteiger partial charge in [0.15, 0.2) is 0 Å². The lowest BCUT2D eigenvalue weighted by atomic mass is 9.79. The van der Waals surface area contributed by atoms with Crippen LogP contribution in [0.3, 0.4) is 0 Å². The number of amides is 3. The number of pyridine rings is 1. The van der Waals surface area contributed by atoms with E-state index >= 15 is 0 Å². The van der Waals surface area contributed by atoms with Crippen LogP contribution in [0.25, 0.3) is 11.1 Å². The number of aromatic nitrogens is 1. The molecule has 2 aliphatic heterocycles. The molecule has 3 N–H and O–H groups in total. The highest BCUT2D eigenvalue weighted by Gasteiger charge is 2.57. The van der Waals surface area contributed by atoms with Gasteiger partial charge in [0.05, 0.1) is 5.41 Å². The predicted octanol–water partition coefficient (Wildman–Crippen LogP) is 3.22. The number of para-hydroxylation sites is 1. The first kappa shape index (κ1) is 25.4. The van der Waals surface area contributed by atoms with E-state index in [1.807, 2.05) is 26.0 Å². The van der Waals surface area contributed by atoms with Crippen LogP contribution in [0.5, 0.6) is 0 Å². The molecule has 0 radical (unpaired) electrons. The number of hydrogen-bond donors (Lipinski definition) is 2. The lowest BCUT2D eigenvalue weighted by Crippen LogP contribution is -2.48. The number of nitrogens with one attached hydrogen (secondary N) is 1. The van der Waals surface area contributed by atoms with Gasteiger partial charge in [-0.1, -0.05) is 44.2 Å². The van der Waals surface area contributed by atoms with Crippen molar-refractivity contribution in [3.63, 3.8) is 0 Å². The molecule has 1 spiro atoms. The minimum Gasteiger partial charge on any atom is -0.368 e. The Morgan fingerprint density at radius 3 is 2.47 bits per heavy atom. The van der Waals surface area contributed by atoms with E-state index in [-0.39, 0.29) is 24.8 Å². The van der Waals surface area contributed by atoms with Crippen molar-refractivity contribution >= 4 is 23.4 Å². The normalized spacial score (nSPS) is 21.0. The molecule has 1 aromatic heterocycles. The van der Waals surface area contributed by atoms with Crippen LogP contribution in [0.4, 0.5) is 10.1 Å². The topological polar surface area (TPSA) is 114 Å². The maximum atomic E-state index is 14.2. The Labute approximate surface area is 219 Å². The molecule has 0 saturated carbocycles. The van der Waals surface area contributed by atoms with Crippen LogP contribution in [0.15, 0.2) is 71.7 Å². The van der Waals surface area contributed by atoms with Crippen molar-refractivity contribution in [1.82, 2.24) is 9.47 Å². The summed E-state index contributed by atoms with van der Waals surface area (Å²) >= 11 is 0. The zero-order valence-electron chi connectivity index (χ0n) is 21.2. The molecule has 0 bridgehead atoms. The molecule has 196 valence electrons. The summed E-state index contributed by atoms with van der Waals surface area (Å²) < 4.78 is 14.8. The SMILES string of the molecule is CC(C)C[C@@H](C(=O)N1C[C@]2(C[C@H]1C(N)=O)C(=O)Nc1ccccc12)n1cccc(-c2ccc(F)cc2)c1=O. The van der Waals surface area contributed by atoms with Crippen LogP contribution in [0.2, 0.25) is 0 Å². The molecule has 3 amide bonds. The Kier molecular flexibility index (Phi) is 6.38. The van der Waals surface area contributed by atoms with Gasteiger partial charge >= 0.3 is 0 Å². The summed E-state index contributed by atoms with van der Waals surface area (Å²) in [5, 5.41) is 2.87. The molecule has 5 rings (SSSR count). The van der Waals surface area contributed by atoms with Gasteiger partial charge < -0.3 is 20.5 Å². The Bertz CT molecular complexity index is 1480. The molecule has 8 nitrogen and oxygen atoms in total. The first-order valence-corrected chi connectivity index (χ1v) is 12.6. The number of carbonyl (C=O) groups excluding carboxylic acids is 3.